The van der Waals surface area contributed by atoms with Crippen molar-refractivity contribution < 1.29 is 14.3 Å². The van der Waals surface area contributed by atoms with Gasteiger partial charge >= 0.3 is 6.09 Å². The first kappa shape index (κ1) is 13.6. The summed E-state index contributed by atoms with van der Waals surface area (Å²) in [4.78, 5) is 13.8. The van der Waals surface area contributed by atoms with E-state index in [1.807, 2.05) is 25.7 Å². The Morgan fingerprint density at radius 1 is 1.44 bits per heavy atom. The molecule has 2 saturated heterocycles. The number of hydrogen-bond donors (Lipinski definition) is 1. The van der Waals surface area contributed by atoms with Crippen LogP contribution in [-0.4, -0.2) is 55.5 Å². The molecular formula is C13H24N2O3. The molecule has 1 N–H and O–H groups in total. The van der Waals surface area contributed by atoms with Gasteiger partial charge in [-0.15, -0.1) is 0 Å². The van der Waals surface area contributed by atoms with Gasteiger partial charge in [-0.05, 0) is 27.2 Å². The Balaban J connectivity index is 1.91. The number of rotatable bonds is 0. The molecule has 5 heteroatoms. The Kier molecular flexibility index (Phi) is 4.12. The lowest BCUT2D eigenvalue weighted by Gasteiger charge is -2.37. The minimum Gasteiger partial charge on any atom is -0.444 e. The number of piperidine rings is 1. The molecule has 2 rings (SSSR count). The fourth-order valence-corrected chi connectivity index (χ4v) is 2.49. The van der Waals surface area contributed by atoms with E-state index in [9.17, 15) is 4.79 Å². The van der Waals surface area contributed by atoms with E-state index in [4.69, 9.17) is 9.47 Å². The summed E-state index contributed by atoms with van der Waals surface area (Å²) in [5.74, 6) is 0.383. The molecule has 2 aliphatic heterocycles. The first-order valence-electron chi connectivity index (χ1n) is 6.76. The minimum absolute atomic E-state index is 0.204. The monoisotopic (exact) mass is 256 g/mol. The third kappa shape index (κ3) is 3.59. The van der Waals surface area contributed by atoms with Crippen LogP contribution in [-0.2, 0) is 9.47 Å². The van der Waals surface area contributed by atoms with Crippen LogP contribution in [0, 0.1) is 5.92 Å². The average molecular weight is 256 g/mol. The maximum absolute atomic E-state index is 12.0. The van der Waals surface area contributed by atoms with Gasteiger partial charge in [0, 0.05) is 32.1 Å². The zero-order chi connectivity index (χ0) is 13.2. The summed E-state index contributed by atoms with van der Waals surface area (Å²) in [5.41, 5.74) is -0.424. The van der Waals surface area contributed by atoms with Crippen LogP contribution in [0.2, 0.25) is 0 Å². The number of amides is 1. The molecule has 104 valence electrons. The molecule has 0 aromatic carbocycles. The van der Waals surface area contributed by atoms with Crippen LogP contribution in [0.25, 0.3) is 0 Å². The second-order valence-corrected chi connectivity index (χ2v) is 6.09. The van der Waals surface area contributed by atoms with Crippen molar-refractivity contribution in [2.75, 3.05) is 32.8 Å². The maximum Gasteiger partial charge on any atom is 0.410 e. The van der Waals surface area contributed by atoms with Gasteiger partial charge < -0.3 is 19.7 Å². The number of carbonyl (C=O) groups is 1. The third-order valence-corrected chi connectivity index (χ3v) is 3.33. The number of carbonyl (C=O) groups excluding carboxylic acids is 1. The van der Waals surface area contributed by atoms with E-state index in [-0.39, 0.29) is 6.09 Å². The van der Waals surface area contributed by atoms with Crippen LogP contribution in [0.3, 0.4) is 0 Å². The van der Waals surface area contributed by atoms with Gasteiger partial charge in [-0.3, -0.25) is 0 Å². The summed E-state index contributed by atoms with van der Waals surface area (Å²) in [7, 11) is 0. The average Bonchev–Trinajstić information content (AvgIpc) is 2.50. The topological polar surface area (TPSA) is 50.8 Å². The summed E-state index contributed by atoms with van der Waals surface area (Å²) < 4.78 is 11.2. The SMILES string of the molecule is CC(C)(C)OC(=O)N1CC[C@H]2OCCNC[C@H]2C1. The third-order valence-electron chi connectivity index (χ3n) is 3.33. The first-order chi connectivity index (χ1) is 8.46. The standard InChI is InChI=1S/C13H24N2O3/c1-13(2,3)18-12(16)15-6-4-11-10(9-15)8-14-5-7-17-11/h10-11,14H,4-9H2,1-3H3/t10-,11+/m0/s1. The molecule has 0 aliphatic carbocycles. The Morgan fingerprint density at radius 2 is 2.22 bits per heavy atom. The van der Waals surface area contributed by atoms with Gasteiger partial charge in [0.15, 0.2) is 0 Å². The molecule has 0 saturated carbocycles. The van der Waals surface area contributed by atoms with Gasteiger partial charge in [0.2, 0.25) is 0 Å². The highest BCUT2D eigenvalue weighted by Crippen LogP contribution is 2.22. The molecule has 0 spiro atoms. The lowest BCUT2D eigenvalue weighted by Crippen LogP contribution is -2.49. The predicted molar refractivity (Wildman–Crippen MR) is 68.5 cm³/mol. The Morgan fingerprint density at radius 3 is 2.94 bits per heavy atom. The second-order valence-electron chi connectivity index (χ2n) is 6.09. The molecule has 0 unspecified atom stereocenters. The van der Waals surface area contributed by atoms with Gasteiger partial charge in [-0.25, -0.2) is 4.79 Å². The fourth-order valence-electron chi connectivity index (χ4n) is 2.49. The summed E-state index contributed by atoms with van der Waals surface area (Å²) >= 11 is 0. The quantitative estimate of drug-likeness (QED) is 0.708. The molecule has 0 radical (unpaired) electrons. The van der Waals surface area contributed by atoms with Crippen molar-refractivity contribution in [3.63, 3.8) is 0 Å². The number of likely N-dealkylation sites (tertiary alicyclic amines) is 1. The van der Waals surface area contributed by atoms with Crippen molar-refractivity contribution >= 4 is 6.09 Å². The Hall–Kier alpha value is -0.810. The number of fused-ring (bicyclic) bond motifs is 1. The van der Waals surface area contributed by atoms with Gasteiger partial charge in [-0.1, -0.05) is 0 Å². The maximum atomic E-state index is 12.0. The fraction of sp³-hybridized carbons (Fsp3) is 0.923. The van der Waals surface area contributed by atoms with Gasteiger partial charge in [0.05, 0.1) is 12.7 Å². The van der Waals surface area contributed by atoms with Crippen molar-refractivity contribution in [1.82, 2.24) is 10.2 Å². The van der Waals surface area contributed by atoms with Gasteiger partial charge in [0.25, 0.3) is 0 Å². The molecule has 2 fully saturated rings. The van der Waals surface area contributed by atoms with Crippen LogP contribution in [0.4, 0.5) is 4.79 Å². The minimum atomic E-state index is -0.424. The molecule has 0 aromatic rings. The lowest BCUT2D eigenvalue weighted by molar-refractivity contribution is -0.0290. The summed E-state index contributed by atoms with van der Waals surface area (Å²) in [6.45, 7) is 9.75. The number of nitrogens with one attached hydrogen (secondary N) is 1. The van der Waals surface area contributed by atoms with Crippen molar-refractivity contribution in [3.8, 4) is 0 Å². The van der Waals surface area contributed by atoms with Gasteiger partial charge in [-0.2, -0.15) is 0 Å². The summed E-state index contributed by atoms with van der Waals surface area (Å²) in [6, 6.07) is 0. The summed E-state index contributed by atoms with van der Waals surface area (Å²) in [5, 5.41) is 3.35. The summed E-state index contributed by atoms with van der Waals surface area (Å²) in [6.07, 6.45) is 0.995. The Labute approximate surface area is 109 Å². The van der Waals surface area contributed by atoms with Crippen LogP contribution in [0.15, 0.2) is 0 Å². The molecule has 0 aromatic heterocycles. The van der Waals surface area contributed by atoms with Crippen LogP contribution in [0.1, 0.15) is 27.2 Å². The highest BCUT2D eigenvalue weighted by Gasteiger charge is 2.34. The molecule has 2 aliphatic rings. The zero-order valence-corrected chi connectivity index (χ0v) is 11.6. The van der Waals surface area contributed by atoms with Gasteiger partial charge in [0.1, 0.15) is 5.60 Å². The number of ether oxygens (including phenoxy) is 2. The van der Waals surface area contributed by atoms with Crippen LogP contribution in [0.5, 0.6) is 0 Å². The Bertz CT molecular complexity index is 301. The van der Waals surface area contributed by atoms with Crippen molar-refractivity contribution in [1.29, 1.82) is 0 Å². The van der Waals surface area contributed by atoms with E-state index in [1.54, 1.807) is 0 Å². The van der Waals surface area contributed by atoms with E-state index in [2.05, 4.69) is 5.32 Å². The molecule has 0 bridgehead atoms. The van der Waals surface area contributed by atoms with Crippen molar-refractivity contribution in [2.45, 2.75) is 38.9 Å². The largest absolute Gasteiger partial charge is 0.444 e. The normalized spacial score (nSPS) is 29.4. The van der Waals surface area contributed by atoms with Crippen molar-refractivity contribution in [2.24, 2.45) is 5.92 Å². The highest BCUT2D eigenvalue weighted by atomic mass is 16.6. The molecular weight excluding hydrogens is 232 g/mol. The van der Waals surface area contributed by atoms with E-state index in [0.29, 0.717) is 12.0 Å². The molecule has 2 atom stereocenters. The second kappa shape index (κ2) is 5.45. The van der Waals surface area contributed by atoms with E-state index >= 15 is 0 Å². The highest BCUT2D eigenvalue weighted by molar-refractivity contribution is 5.68. The molecule has 18 heavy (non-hydrogen) atoms. The van der Waals surface area contributed by atoms with E-state index < -0.39 is 5.60 Å². The lowest BCUT2D eigenvalue weighted by atomic mass is 9.95. The smallest absolute Gasteiger partial charge is 0.410 e. The van der Waals surface area contributed by atoms with E-state index in [1.165, 1.54) is 0 Å². The van der Waals surface area contributed by atoms with Crippen LogP contribution < -0.4 is 5.32 Å². The molecule has 2 heterocycles. The van der Waals surface area contributed by atoms with Crippen LogP contribution >= 0.6 is 0 Å². The molecule has 1 amide bonds. The first-order valence-corrected chi connectivity index (χ1v) is 6.76. The number of nitrogens with zero attached hydrogens (tertiary/aromatic N) is 1. The van der Waals surface area contributed by atoms with Crippen molar-refractivity contribution in [3.05, 3.63) is 0 Å². The molecule has 5 nitrogen and oxygen atoms in total. The zero-order valence-electron chi connectivity index (χ0n) is 11.6. The van der Waals surface area contributed by atoms with E-state index in [0.717, 1.165) is 39.2 Å². The predicted octanol–water partition coefficient (Wildman–Crippen LogP) is 1.23. The number of hydrogen-bond acceptors (Lipinski definition) is 4.